The Morgan fingerprint density at radius 1 is 1.41 bits per heavy atom. The van der Waals surface area contributed by atoms with Gasteiger partial charge in [-0.3, -0.25) is 0 Å². The molecule has 0 aliphatic rings. The Hall–Kier alpha value is -0.570. The van der Waals surface area contributed by atoms with Gasteiger partial charge in [0.15, 0.2) is 0 Å². The summed E-state index contributed by atoms with van der Waals surface area (Å²) in [5, 5.41) is 4.24. The molecule has 0 bridgehead atoms. The van der Waals surface area contributed by atoms with Gasteiger partial charge in [-0.2, -0.15) is 0 Å². The zero-order valence-corrected chi connectivity index (χ0v) is 11.5. The summed E-state index contributed by atoms with van der Waals surface area (Å²) in [7, 11) is 1.72. The molecule has 0 aromatic heterocycles. The van der Waals surface area contributed by atoms with Gasteiger partial charge in [0.2, 0.25) is 0 Å². The standard InChI is InChI=1S/C14H22ClNO/c1-3-5-13(11-16-8-9-17-2)12-6-4-7-14(15)10-12/h4,6-7,10,13,16H,3,5,8-9,11H2,1-2H3. The second kappa shape index (κ2) is 8.51. The van der Waals surface area contributed by atoms with Gasteiger partial charge in [-0.1, -0.05) is 37.1 Å². The van der Waals surface area contributed by atoms with Gasteiger partial charge in [-0.05, 0) is 30.0 Å². The van der Waals surface area contributed by atoms with Crippen LogP contribution in [0.4, 0.5) is 0 Å². The minimum absolute atomic E-state index is 0.538. The number of ether oxygens (including phenoxy) is 1. The number of benzene rings is 1. The SMILES string of the molecule is CCCC(CNCCOC)c1cccc(Cl)c1. The number of nitrogens with one attached hydrogen (secondary N) is 1. The van der Waals surface area contributed by atoms with Crippen LogP contribution in [0.3, 0.4) is 0 Å². The number of hydrogen-bond donors (Lipinski definition) is 1. The molecule has 2 nitrogen and oxygen atoms in total. The summed E-state index contributed by atoms with van der Waals surface area (Å²) in [6, 6.07) is 8.17. The Morgan fingerprint density at radius 3 is 2.88 bits per heavy atom. The van der Waals surface area contributed by atoms with E-state index in [1.807, 2.05) is 12.1 Å². The summed E-state index contributed by atoms with van der Waals surface area (Å²) in [4.78, 5) is 0. The van der Waals surface area contributed by atoms with E-state index in [0.29, 0.717) is 5.92 Å². The smallest absolute Gasteiger partial charge is 0.0587 e. The molecule has 1 aromatic rings. The van der Waals surface area contributed by atoms with Crippen molar-refractivity contribution in [1.82, 2.24) is 5.32 Å². The molecule has 0 spiro atoms. The van der Waals surface area contributed by atoms with Crippen molar-refractivity contribution in [3.8, 4) is 0 Å². The van der Waals surface area contributed by atoms with Crippen molar-refractivity contribution in [2.24, 2.45) is 0 Å². The van der Waals surface area contributed by atoms with E-state index in [-0.39, 0.29) is 0 Å². The fourth-order valence-electron chi connectivity index (χ4n) is 1.95. The molecule has 0 saturated carbocycles. The summed E-state index contributed by atoms with van der Waals surface area (Å²) >= 11 is 6.03. The molecule has 0 saturated heterocycles. The third-order valence-corrected chi connectivity index (χ3v) is 3.07. The molecule has 1 rings (SSSR count). The number of rotatable bonds is 8. The van der Waals surface area contributed by atoms with Gasteiger partial charge in [0.1, 0.15) is 0 Å². The van der Waals surface area contributed by atoms with E-state index in [2.05, 4.69) is 24.4 Å². The van der Waals surface area contributed by atoms with Crippen LogP contribution >= 0.6 is 11.6 Å². The molecule has 0 amide bonds. The summed E-state index contributed by atoms with van der Waals surface area (Å²) in [5.74, 6) is 0.538. The van der Waals surface area contributed by atoms with E-state index in [0.717, 1.165) is 24.7 Å². The van der Waals surface area contributed by atoms with Crippen LogP contribution in [0.15, 0.2) is 24.3 Å². The first kappa shape index (κ1) is 14.5. The van der Waals surface area contributed by atoms with E-state index < -0.39 is 0 Å². The van der Waals surface area contributed by atoms with E-state index in [1.54, 1.807) is 7.11 Å². The molecule has 3 heteroatoms. The Bertz CT molecular complexity index is 317. The molecular weight excluding hydrogens is 234 g/mol. The average molecular weight is 256 g/mol. The molecule has 0 aliphatic carbocycles. The lowest BCUT2D eigenvalue weighted by Gasteiger charge is -2.17. The highest BCUT2D eigenvalue weighted by atomic mass is 35.5. The lowest BCUT2D eigenvalue weighted by Crippen LogP contribution is -2.25. The van der Waals surface area contributed by atoms with Gasteiger partial charge in [-0.25, -0.2) is 0 Å². The van der Waals surface area contributed by atoms with E-state index in [4.69, 9.17) is 16.3 Å². The van der Waals surface area contributed by atoms with Gasteiger partial charge in [0, 0.05) is 25.2 Å². The highest BCUT2D eigenvalue weighted by Crippen LogP contribution is 2.23. The number of halogens is 1. The zero-order chi connectivity index (χ0) is 12.5. The quantitative estimate of drug-likeness (QED) is 0.719. The molecule has 1 aromatic carbocycles. The minimum Gasteiger partial charge on any atom is -0.383 e. The van der Waals surface area contributed by atoms with Crippen molar-refractivity contribution in [3.63, 3.8) is 0 Å². The maximum Gasteiger partial charge on any atom is 0.0587 e. The highest BCUT2D eigenvalue weighted by molar-refractivity contribution is 6.30. The molecule has 1 unspecified atom stereocenters. The lowest BCUT2D eigenvalue weighted by molar-refractivity contribution is 0.198. The summed E-state index contributed by atoms with van der Waals surface area (Å²) in [5.41, 5.74) is 1.32. The van der Waals surface area contributed by atoms with Crippen molar-refractivity contribution in [3.05, 3.63) is 34.9 Å². The molecule has 0 heterocycles. The van der Waals surface area contributed by atoms with E-state index >= 15 is 0 Å². The predicted molar refractivity (Wildman–Crippen MR) is 73.8 cm³/mol. The van der Waals surface area contributed by atoms with Crippen LogP contribution in [-0.4, -0.2) is 26.8 Å². The number of methoxy groups -OCH3 is 1. The van der Waals surface area contributed by atoms with Gasteiger partial charge >= 0.3 is 0 Å². The Labute approximate surface area is 109 Å². The van der Waals surface area contributed by atoms with Crippen molar-refractivity contribution in [2.75, 3.05) is 26.8 Å². The molecule has 1 N–H and O–H groups in total. The Balaban J connectivity index is 2.52. The summed E-state index contributed by atoms with van der Waals surface area (Å²) < 4.78 is 5.02. The minimum atomic E-state index is 0.538. The van der Waals surface area contributed by atoms with Crippen molar-refractivity contribution in [1.29, 1.82) is 0 Å². The van der Waals surface area contributed by atoms with E-state index in [9.17, 15) is 0 Å². The fraction of sp³-hybridized carbons (Fsp3) is 0.571. The Morgan fingerprint density at radius 2 is 2.24 bits per heavy atom. The topological polar surface area (TPSA) is 21.3 Å². The maximum absolute atomic E-state index is 6.03. The maximum atomic E-state index is 6.03. The monoisotopic (exact) mass is 255 g/mol. The molecule has 96 valence electrons. The van der Waals surface area contributed by atoms with Crippen molar-refractivity contribution < 1.29 is 4.74 Å². The molecule has 1 atom stereocenters. The third-order valence-electron chi connectivity index (χ3n) is 2.83. The zero-order valence-electron chi connectivity index (χ0n) is 10.7. The van der Waals surface area contributed by atoms with Crippen LogP contribution in [0.1, 0.15) is 31.2 Å². The van der Waals surface area contributed by atoms with E-state index in [1.165, 1.54) is 18.4 Å². The van der Waals surface area contributed by atoms with Gasteiger partial charge in [-0.15, -0.1) is 0 Å². The van der Waals surface area contributed by atoms with Gasteiger partial charge in [0.25, 0.3) is 0 Å². The third kappa shape index (κ3) is 5.53. The highest BCUT2D eigenvalue weighted by Gasteiger charge is 2.10. The van der Waals surface area contributed by atoms with Crippen LogP contribution < -0.4 is 5.32 Å². The van der Waals surface area contributed by atoms with Crippen molar-refractivity contribution in [2.45, 2.75) is 25.7 Å². The second-order valence-corrected chi connectivity index (χ2v) is 4.67. The Kier molecular flexibility index (Phi) is 7.25. The summed E-state index contributed by atoms with van der Waals surface area (Å²) in [6.07, 6.45) is 2.36. The fourth-order valence-corrected chi connectivity index (χ4v) is 2.14. The van der Waals surface area contributed by atoms with Gasteiger partial charge < -0.3 is 10.1 Å². The molecule has 17 heavy (non-hydrogen) atoms. The van der Waals surface area contributed by atoms with Crippen LogP contribution in [-0.2, 0) is 4.74 Å². The van der Waals surface area contributed by atoms with Gasteiger partial charge in [0.05, 0.1) is 6.61 Å². The van der Waals surface area contributed by atoms with Crippen LogP contribution in [0.2, 0.25) is 5.02 Å². The number of hydrogen-bond acceptors (Lipinski definition) is 2. The van der Waals surface area contributed by atoms with Crippen LogP contribution in [0, 0.1) is 0 Å². The molecular formula is C14H22ClNO. The second-order valence-electron chi connectivity index (χ2n) is 4.24. The van der Waals surface area contributed by atoms with Crippen LogP contribution in [0.5, 0.6) is 0 Å². The first-order valence-electron chi connectivity index (χ1n) is 6.23. The normalized spacial score (nSPS) is 12.6. The largest absolute Gasteiger partial charge is 0.383 e. The average Bonchev–Trinajstić information content (AvgIpc) is 2.33. The molecule has 0 fully saturated rings. The summed E-state index contributed by atoms with van der Waals surface area (Å²) in [6.45, 7) is 4.86. The lowest BCUT2D eigenvalue weighted by atomic mass is 9.94. The molecule has 0 aliphatic heterocycles. The predicted octanol–water partition coefficient (Wildman–Crippen LogP) is 3.46. The first-order chi connectivity index (χ1) is 8.27. The first-order valence-corrected chi connectivity index (χ1v) is 6.60. The molecule has 0 radical (unpaired) electrons. The van der Waals surface area contributed by atoms with Crippen LogP contribution in [0.25, 0.3) is 0 Å². The van der Waals surface area contributed by atoms with Crippen molar-refractivity contribution >= 4 is 11.6 Å².